The molecule has 0 bridgehead atoms. The molecule has 1 unspecified atom stereocenters. The number of halogens is 2. The van der Waals surface area contributed by atoms with Crippen molar-refractivity contribution in [2.24, 2.45) is 0 Å². The van der Waals surface area contributed by atoms with Crippen molar-refractivity contribution in [1.29, 1.82) is 5.41 Å². The van der Waals surface area contributed by atoms with Crippen LogP contribution in [0.25, 0.3) is 10.9 Å². The van der Waals surface area contributed by atoms with Crippen LogP contribution >= 0.6 is 11.8 Å². The van der Waals surface area contributed by atoms with Gasteiger partial charge in [-0.05, 0) is 23.8 Å². The van der Waals surface area contributed by atoms with Crippen LogP contribution in [-0.2, 0) is 5.75 Å². The predicted molar refractivity (Wildman–Crippen MR) is 123 cm³/mol. The van der Waals surface area contributed by atoms with Gasteiger partial charge in [-0.25, -0.2) is 13.8 Å². The minimum Gasteiger partial charge on any atom is -0.466 e. The SMILES string of the molecule is N=CCSCc1ccccc1C(=O)N1CCC(F)(F)C(Oc2ccc3ccccc3n2)C1. The minimum atomic E-state index is -3.07. The average Bonchev–Trinajstić information content (AvgIpc) is 2.80. The van der Waals surface area contributed by atoms with Gasteiger partial charge in [0.05, 0.1) is 12.1 Å². The van der Waals surface area contributed by atoms with Gasteiger partial charge >= 0.3 is 0 Å². The number of rotatable bonds is 7. The molecule has 5 nitrogen and oxygen atoms in total. The summed E-state index contributed by atoms with van der Waals surface area (Å²) in [5.74, 6) is -2.11. The fourth-order valence-electron chi connectivity index (χ4n) is 3.69. The summed E-state index contributed by atoms with van der Waals surface area (Å²) in [6.07, 6.45) is -0.639. The van der Waals surface area contributed by atoms with Gasteiger partial charge in [0, 0.05) is 47.7 Å². The Hall–Kier alpha value is -3.00. The molecule has 0 aliphatic carbocycles. The van der Waals surface area contributed by atoms with Gasteiger partial charge in [0.25, 0.3) is 11.8 Å². The number of carbonyl (C=O) groups is 1. The fraction of sp³-hybridized carbons (Fsp3) is 0.292. The summed E-state index contributed by atoms with van der Waals surface area (Å²) in [7, 11) is 0. The molecule has 3 aromatic rings. The monoisotopic (exact) mass is 455 g/mol. The molecular formula is C24H23F2N3O2S. The van der Waals surface area contributed by atoms with E-state index in [4.69, 9.17) is 10.1 Å². The normalized spacial score (nSPS) is 17.8. The van der Waals surface area contributed by atoms with Crippen molar-refractivity contribution in [2.75, 3.05) is 18.8 Å². The van der Waals surface area contributed by atoms with Crippen LogP contribution in [0.4, 0.5) is 8.78 Å². The first kappa shape index (κ1) is 22.2. The van der Waals surface area contributed by atoms with Crippen molar-refractivity contribution >= 4 is 34.8 Å². The quantitative estimate of drug-likeness (QED) is 0.400. The van der Waals surface area contributed by atoms with E-state index in [1.165, 1.54) is 22.9 Å². The molecule has 1 saturated heterocycles. The van der Waals surface area contributed by atoms with Crippen LogP contribution < -0.4 is 4.74 Å². The number of likely N-dealkylation sites (tertiary alicyclic amines) is 1. The summed E-state index contributed by atoms with van der Waals surface area (Å²) in [4.78, 5) is 19.0. The van der Waals surface area contributed by atoms with Gasteiger partial charge in [0.2, 0.25) is 5.88 Å². The Labute approximate surface area is 189 Å². The molecular weight excluding hydrogens is 432 g/mol. The van der Waals surface area contributed by atoms with Gasteiger partial charge in [-0.2, -0.15) is 11.8 Å². The number of nitrogens with zero attached hydrogens (tertiary/aromatic N) is 2. The lowest BCUT2D eigenvalue weighted by Gasteiger charge is -2.38. The first-order valence-corrected chi connectivity index (χ1v) is 11.5. The second-order valence-corrected chi connectivity index (χ2v) is 8.62. The van der Waals surface area contributed by atoms with Crippen LogP contribution in [0.3, 0.4) is 0 Å². The number of alkyl halides is 2. The molecule has 1 aliphatic rings. The molecule has 0 saturated carbocycles. The van der Waals surface area contributed by atoms with Crippen LogP contribution in [0.5, 0.6) is 5.88 Å². The Bertz CT molecular complexity index is 1130. The van der Waals surface area contributed by atoms with E-state index in [2.05, 4.69) is 4.98 Å². The molecule has 166 valence electrons. The van der Waals surface area contributed by atoms with Crippen LogP contribution in [0.1, 0.15) is 22.3 Å². The Morgan fingerprint density at radius 3 is 2.81 bits per heavy atom. The number of carbonyl (C=O) groups excluding carboxylic acids is 1. The number of hydrogen-bond donors (Lipinski definition) is 1. The second-order valence-electron chi connectivity index (χ2n) is 7.59. The first-order valence-electron chi connectivity index (χ1n) is 10.3. The zero-order chi connectivity index (χ0) is 22.6. The van der Waals surface area contributed by atoms with E-state index in [1.54, 1.807) is 30.3 Å². The molecule has 8 heteroatoms. The summed E-state index contributed by atoms with van der Waals surface area (Å²) in [5, 5.41) is 8.05. The summed E-state index contributed by atoms with van der Waals surface area (Å²) >= 11 is 1.52. The van der Waals surface area contributed by atoms with Crippen molar-refractivity contribution in [2.45, 2.75) is 24.2 Å². The van der Waals surface area contributed by atoms with Crippen LogP contribution in [-0.4, -0.2) is 52.9 Å². The van der Waals surface area contributed by atoms with Crippen LogP contribution in [0.15, 0.2) is 60.7 Å². The molecule has 1 fully saturated rings. The summed E-state index contributed by atoms with van der Waals surface area (Å²) in [5.41, 5.74) is 1.99. The zero-order valence-electron chi connectivity index (χ0n) is 17.3. The second kappa shape index (κ2) is 9.65. The van der Waals surface area contributed by atoms with Gasteiger partial charge in [-0.1, -0.05) is 36.4 Å². The molecule has 1 aliphatic heterocycles. The summed E-state index contributed by atoms with van der Waals surface area (Å²) in [6.45, 7) is -0.263. The lowest BCUT2D eigenvalue weighted by atomic mass is 10.0. The van der Waals surface area contributed by atoms with Crippen molar-refractivity contribution in [1.82, 2.24) is 9.88 Å². The lowest BCUT2D eigenvalue weighted by Crippen LogP contribution is -2.55. The smallest absolute Gasteiger partial charge is 0.287 e. The molecule has 4 rings (SSSR count). The van der Waals surface area contributed by atoms with Gasteiger partial charge < -0.3 is 15.0 Å². The average molecular weight is 456 g/mol. The van der Waals surface area contributed by atoms with E-state index >= 15 is 0 Å². The maximum atomic E-state index is 14.7. The molecule has 0 spiro atoms. The highest BCUT2D eigenvalue weighted by molar-refractivity contribution is 7.99. The van der Waals surface area contributed by atoms with Gasteiger partial charge in [-0.3, -0.25) is 4.79 Å². The maximum absolute atomic E-state index is 14.7. The summed E-state index contributed by atoms with van der Waals surface area (Å²) < 4.78 is 35.0. The maximum Gasteiger partial charge on any atom is 0.287 e. The van der Waals surface area contributed by atoms with E-state index < -0.39 is 18.4 Å². The first-order chi connectivity index (χ1) is 15.5. The highest BCUT2D eigenvalue weighted by Gasteiger charge is 2.47. The van der Waals surface area contributed by atoms with E-state index in [0.29, 0.717) is 22.6 Å². The molecule has 32 heavy (non-hydrogen) atoms. The number of piperidine rings is 1. The number of fused-ring (bicyclic) bond motifs is 1. The fourth-order valence-corrected chi connectivity index (χ4v) is 4.40. The standard InChI is InChI=1S/C24H23F2N3O2S/c25-24(26)11-13-29(23(30)19-7-3-1-6-18(19)16-32-14-12-27)15-21(24)31-22-10-9-17-5-2-4-8-20(17)28-22/h1-10,12,21,27H,11,13-16H2. The van der Waals surface area contributed by atoms with E-state index in [-0.39, 0.29) is 24.9 Å². The topological polar surface area (TPSA) is 66.3 Å². The zero-order valence-corrected chi connectivity index (χ0v) is 18.2. The Morgan fingerprint density at radius 1 is 1.19 bits per heavy atom. The number of nitrogens with one attached hydrogen (secondary N) is 1. The number of para-hydroxylation sites is 1. The third-order valence-electron chi connectivity index (χ3n) is 5.40. The Balaban J connectivity index is 1.52. The van der Waals surface area contributed by atoms with Crippen molar-refractivity contribution in [3.63, 3.8) is 0 Å². The van der Waals surface area contributed by atoms with E-state index in [1.807, 2.05) is 30.3 Å². The number of ether oxygens (including phenoxy) is 1. The van der Waals surface area contributed by atoms with Crippen molar-refractivity contribution in [3.8, 4) is 5.88 Å². The Morgan fingerprint density at radius 2 is 1.97 bits per heavy atom. The van der Waals surface area contributed by atoms with Crippen molar-refractivity contribution in [3.05, 3.63) is 71.8 Å². The number of pyridine rings is 1. The number of amides is 1. The van der Waals surface area contributed by atoms with Gasteiger partial charge in [0.1, 0.15) is 0 Å². The molecule has 2 heterocycles. The van der Waals surface area contributed by atoms with E-state index in [0.717, 1.165) is 10.9 Å². The molecule has 1 aromatic heterocycles. The van der Waals surface area contributed by atoms with Crippen LogP contribution in [0.2, 0.25) is 0 Å². The third kappa shape index (κ3) is 4.91. The largest absolute Gasteiger partial charge is 0.466 e. The van der Waals surface area contributed by atoms with E-state index in [9.17, 15) is 13.6 Å². The summed E-state index contributed by atoms with van der Waals surface area (Å²) in [6, 6.07) is 17.9. The third-order valence-corrected chi connectivity index (χ3v) is 6.32. The number of thioether (sulfide) groups is 1. The van der Waals surface area contributed by atoms with Gasteiger partial charge in [-0.15, -0.1) is 0 Å². The molecule has 1 atom stereocenters. The molecule has 2 aromatic carbocycles. The number of benzene rings is 2. The minimum absolute atomic E-state index is 0.0428. The highest BCUT2D eigenvalue weighted by Crippen LogP contribution is 2.33. The molecule has 0 radical (unpaired) electrons. The number of hydrogen-bond acceptors (Lipinski definition) is 5. The molecule has 1 amide bonds. The van der Waals surface area contributed by atoms with Crippen LogP contribution in [0, 0.1) is 5.41 Å². The molecule has 1 N–H and O–H groups in total. The van der Waals surface area contributed by atoms with Crippen molar-refractivity contribution < 1.29 is 18.3 Å². The number of aromatic nitrogens is 1. The van der Waals surface area contributed by atoms with Gasteiger partial charge in [0.15, 0.2) is 6.10 Å². The Kier molecular flexibility index (Phi) is 6.69. The highest BCUT2D eigenvalue weighted by atomic mass is 32.2. The lowest BCUT2D eigenvalue weighted by molar-refractivity contribution is -0.131. The predicted octanol–water partition coefficient (Wildman–Crippen LogP) is 5.05.